The first-order valence-electron chi connectivity index (χ1n) is 22.4. The molecule has 0 radical (unpaired) electrons. The molecular weight excluding hydrogens is 809 g/mol. The van der Waals surface area contributed by atoms with Gasteiger partial charge in [0.25, 0.3) is 0 Å². The molecule has 0 saturated carbocycles. The van der Waals surface area contributed by atoms with Crippen molar-refractivity contribution < 1.29 is 0 Å². The molecule has 1 unspecified atom stereocenters. The molecular formula is C60H50N4S. The Kier molecular flexibility index (Phi) is 11.8. The predicted octanol–water partition coefficient (Wildman–Crippen LogP) is 15.3. The van der Waals surface area contributed by atoms with Crippen molar-refractivity contribution in [2.75, 3.05) is 0 Å². The zero-order valence-corrected chi connectivity index (χ0v) is 37.9. The topological polar surface area (TPSA) is 42.0 Å². The van der Waals surface area contributed by atoms with E-state index >= 15 is 0 Å². The van der Waals surface area contributed by atoms with Crippen molar-refractivity contribution in [2.45, 2.75) is 50.3 Å². The molecule has 1 heterocycles. The summed E-state index contributed by atoms with van der Waals surface area (Å²) in [6.45, 7) is 11.1. The van der Waals surface area contributed by atoms with Crippen molar-refractivity contribution in [1.82, 2.24) is 4.57 Å². The maximum atomic E-state index is 5.17. The molecule has 2 aliphatic rings. The van der Waals surface area contributed by atoms with Crippen LogP contribution in [0.5, 0.6) is 0 Å². The molecule has 1 aromatic heterocycles. The highest BCUT2D eigenvalue weighted by Gasteiger charge is 2.21. The minimum absolute atomic E-state index is 0.414. The number of aromatic nitrogens is 1. The first-order valence-corrected chi connectivity index (χ1v) is 23.3. The minimum Gasteiger partial charge on any atom is -0.313 e. The van der Waals surface area contributed by atoms with E-state index in [9.17, 15) is 0 Å². The van der Waals surface area contributed by atoms with Crippen molar-refractivity contribution in [3.8, 4) is 39.1 Å². The SMILES string of the molecule is C=NC(=NC(=NCc1ccc2c(c1)Cc1ccccc1-2)c1ccccc1)c1cccc(-n2c(C)c(/C=C\C)c3cccc(-c4cccc(-c5cccc(C)c5SC5C=CC=CC5)c4)c32)c1. The van der Waals surface area contributed by atoms with Gasteiger partial charge < -0.3 is 4.57 Å². The van der Waals surface area contributed by atoms with Crippen molar-refractivity contribution in [1.29, 1.82) is 0 Å². The fourth-order valence-electron chi connectivity index (χ4n) is 9.42. The number of thioether (sulfide) groups is 1. The third-order valence-electron chi connectivity index (χ3n) is 12.5. The normalized spacial score (nSPS) is 14.6. The largest absolute Gasteiger partial charge is 0.313 e. The van der Waals surface area contributed by atoms with Gasteiger partial charge in [0.15, 0.2) is 11.7 Å². The average molecular weight is 859 g/mol. The molecule has 1 atom stereocenters. The number of allylic oxidation sites excluding steroid dienone is 4. The summed E-state index contributed by atoms with van der Waals surface area (Å²) in [5, 5.41) is 1.61. The zero-order chi connectivity index (χ0) is 44.3. The van der Waals surface area contributed by atoms with Crippen molar-refractivity contribution in [3.63, 3.8) is 0 Å². The van der Waals surface area contributed by atoms with Crippen molar-refractivity contribution in [3.05, 3.63) is 233 Å². The monoisotopic (exact) mass is 858 g/mol. The fourth-order valence-corrected chi connectivity index (χ4v) is 10.7. The van der Waals surface area contributed by atoms with Crippen LogP contribution in [-0.4, -0.2) is 28.2 Å². The summed E-state index contributed by atoms with van der Waals surface area (Å²) in [7, 11) is 0. The number of benzene rings is 7. The molecule has 0 aliphatic heterocycles. The molecule has 2 aliphatic carbocycles. The van der Waals surface area contributed by atoms with Crippen LogP contribution in [0.4, 0.5) is 0 Å². The van der Waals surface area contributed by atoms with E-state index in [2.05, 4.69) is 213 Å². The second-order valence-corrected chi connectivity index (χ2v) is 18.0. The molecule has 8 aromatic rings. The van der Waals surface area contributed by atoms with E-state index in [1.165, 1.54) is 65.9 Å². The van der Waals surface area contributed by atoms with Crippen LogP contribution in [0, 0.1) is 13.8 Å². The standard InChI is InChI=1S/C60H50N4S/c1-5-18-51-41(3)64(57-54(30-17-32-56(51)57)45-23-15-24-46(36-45)55-31-14-19-40(2)58(55)65-50-27-10-7-11-28-50)49-26-16-25-47(38-49)59(61-4)63-60(43-20-8-6-9-21-43)62-39-42-33-34-53-48(35-42)37-44-22-12-13-29-52(44)53/h5-27,29-36,38,50H,4,28,37,39H2,1-3H3/b18-5-,62-60?,63-59?. The zero-order valence-electron chi connectivity index (χ0n) is 37.1. The van der Waals surface area contributed by atoms with Gasteiger partial charge in [-0.1, -0.05) is 176 Å². The molecule has 5 heteroatoms. The van der Waals surface area contributed by atoms with E-state index in [0.29, 0.717) is 23.5 Å². The third-order valence-corrected chi connectivity index (χ3v) is 14.0. The fraction of sp³-hybridized carbons (Fsp3) is 0.117. The first kappa shape index (κ1) is 41.7. The minimum atomic E-state index is 0.414. The summed E-state index contributed by atoms with van der Waals surface area (Å²) in [5.41, 5.74) is 18.9. The lowest BCUT2D eigenvalue weighted by atomic mass is 9.96. The second-order valence-electron chi connectivity index (χ2n) is 16.7. The Morgan fingerprint density at radius 2 is 1.43 bits per heavy atom. The van der Waals surface area contributed by atoms with Gasteiger partial charge in [-0.3, -0.25) is 4.99 Å². The summed E-state index contributed by atoms with van der Waals surface area (Å²) in [6, 6.07) is 56.5. The van der Waals surface area contributed by atoms with Crippen LogP contribution in [0.25, 0.3) is 56.0 Å². The maximum Gasteiger partial charge on any atom is 0.161 e. The van der Waals surface area contributed by atoms with Gasteiger partial charge in [0, 0.05) is 49.2 Å². The van der Waals surface area contributed by atoms with Crippen LogP contribution in [0.15, 0.2) is 208 Å². The van der Waals surface area contributed by atoms with Crippen LogP contribution in [0.1, 0.15) is 58.0 Å². The molecule has 316 valence electrons. The molecule has 7 aromatic carbocycles. The van der Waals surface area contributed by atoms with Gasteiger partial charge >= 0.3 is 0 Å². The quantitative estimate of drug-likeness (QED) is 0.0998. The highest BCUT2D eigenvalue weighted by molar-refractivity contribution is 8.00. The molecule has 4 nitrogen and oxygen atoms in total. The summed E-state index contributed by atoms with van der Waals surface area (Å²) in [6.07, 6.45) is 15.2. The van der Waals surface area contributed by atoms with E-state index in [1.807, 2.05) is 30.0 Å². The number of amidine groups is 2. The molecule has 0 spiro atoms. The maximum absolute atomic E-state index is 5.17. The van der Waals surface area contributed by atoms with E-state index in [4.69, 9.17) is 9.98 Å². The Labute approximate surface area is 386 Å². The van der Waals surface area contributed by atoms with Gasteiger partial charge in [0.05, 0.1) is 12.1 Å². The van der Waals surface area contributed by atoms with Gasteiger partial charge in [-0.2, -0.15) is 0 Å². The van der Waals surface area contributed by atoms with E-state index < -0.39 is 0 Å². The lowest BCUT2D eigenvalue weighted by Crippen LogP contribution is -2.07. The Balaban J connectivity index is 1.04. The van der Waals surface area contributed by atoms with Gasteiger partial charge in [0.2, 0.25) is 0 Å². The Morgan fingerprint density at radius 3 is 2.26 bits per heavy atom. The highest BCUT2D eigenvalue weighted by atomic mass is 32.2. The number of aryl methyl sites for hydroxylation is 1. The smallest absolute Gasteiger partial charge is 0.161 e. The number of para-hydroxylation sites is 1. The number of rotatable bonds is 10. The number of hydrogen-bond donors (Lipinski definition) is 0. The van der Waals surface area contributed by atoms with Crippen molar-refractivity contribution >= 4 is 47.1 Å². The molecule has 0 fully saturated rings. The van der Waals surface area contributed by atoms with Gasteiger partial charge in [-0.25, -0.2) is 9.98 Å². The van der Waals surface area contributed by atoms with Crippen LogP contribution in [0.3, 0.4) is 0 Å². The van der Waals surface area contributed by atoms with E-state index in [1.54, 1.807) is 0 Å². The molecule has 0 saturated heterocycles. The summed E-state index contributed by atoms with van der Waals surface area (Å²) < 4.78 is 2.39. The lowest BCUT2D eigenvalue weighted by molar-refractivity contribution is 1.05. The van der Waals surface area contributed by atoms with Crippen LogP contribution >= 0.6 is 11.8 Å². The van der Waals surface area contributed by atoms with Gasteiger partial charge in [0.1, 0.15) is 0 Å². The predicted molar refractivity (Wildman–Crippen MR) is 278 cm³/mol. The average Bonchev–Trinajstić information content (AvgIpc) is 3.86. The second kappa shape index (κ2) is 18.4. The van der Waals surface area contributed by atoms with E-state index in [-0.39, 0.29) is 0 Å². The Morgan fingerprint density at radius 1 is 0.692 bits per heavy atom. The Hall–Kier alpha value is -7.34. The summed E-state index contributed by atoms with van der Waals surface area (Å²) >= 11 is 1.96. The first-order chi connectivity index (χ1) is 32.0. The van der Waals surface area contributed by atoms with Gasteiger partial charge in [-0.15, -0.1) is 11.8 Å². The molecule has 0 N–H and O–H groups in total. The van der Waals surface area contributed by atoms with E-state index in [0.717, 1.165) is 46.4 Å². The van der Waals surface area contributed by atoms with Crippen LogP contribution in [-0.2, 0) is 13.0 Å². The summed E-state index contributed by atoms with van der Waals surface area (Å²) in [4.78, 5) is 16.2. The van der Waals surface area contributed by atoms with Crippen LogP contribution < -0.4 is 0 Å². The molecule has 0 amide bonds. The highest BCUT2D eigenvalue weighted by Crippen LogP contribution is 2.42. The lowest BCUT2D eigenvalue weighted by Gasteiger charge is -2.18. The summed E-state index contributed by atoms with van der Waals surface area (Å²) in [5.74, 6) is 1.13. The molecule has 10 rings (SSSR count). The molecule has 0 bridgehead atoms. The molecule has 65 heavy (non-hydrogen) atoms. The van der Waals surface area contributed by atoms with Crippen LogP contribution in [0.2, 0.25) is 0 Å². The number of nitrogens with zero attached hydrogens (tertiary/aromatic N) is 4. The number of aliphatic imine (C=N–C) groups is 3. The number of hydrogen-bond acceptors (Lipinski definition) is 2. The van der Waals surface area contributed by atoms with Crippen molar-refractivity contribution in [2.24, 2.45) is 15.0 Å². The Bertz CT molecular complexity index is 3270. The number of fused-ring (bicyclic) bond motifs is 4. The van der Waals surface area contributed by atoms with Gasteiger partial charge in [-0.05, 0) is 109 Å². The third kappa shape index (κ3) is 8.32.